The standard InChI is InChI=1S/C15H14ClNO2/c16-11-7-9(5-6-13(11)18)15-8-12(17)10-3-1-2-4-14(10)19-15/h1-7,12,15,18H,8,17H2/t12-,15?/m0/s1. The van der Waals surface area contributed by atoms with E-state index in [1.807, 2.05) is 30.3 Å². The number of aromatic hydroxyl groups is 1. The number of rotatable bonds is 1. The third-order valence-corrected chi connectivity index (χ3v) is 3.70. The van der Waals surface area contributed by atoms with Crippen molar-refractivity contribution in [3.05, 3.63) is 58.6 Å². The summed E-state index contributed by atoms with van der Waals surface area (Å²) in [5.74, 6) is 0.890. The minimum absolute atomic E-state index is 0.0532. The van der Waals surface area contributed by atoms with E-state index in [4.69, 9.17) is 22.1 Å². The maximum absolute atomic E-state index is 9.45. The summed E-state index contributed by atoms with van der Waals surface area (Å²) in [5.41, 5.74) is 8.13. The highest BCUT2D eigenvalue weighted by atomic mass is 35.5. The average Bonchev–Trinajstić information content (AvgIpc) is 2.42. The maximum Gasteiger partial charge on any atom is 0.134 e. The van der Waals surface area contributed by atoms with E-state index in [0.717, 1.165) is 16.9 Å². The molecule has 0 radical (unpaired) electrons. The average molecular weight is 276 g/mol. The van der Waals surface area contributed by atoms with Crippen LogP contribution < -0.4 is 10.5 Å². The van der Waals surface area contributed by atoms with Gasteiger partial charge in [0, 0.05) is 18.0 Å². The van der Waals surface area contributed by atoms with Crippen molar-refractivity contribution in [3.8, 4) is 11.5 Å². The molecule has 3 nitrogen and oxygen atoms in total. The van der Waals surface area contributed by atoms with Crippen molar-refractivity contribution in [2.24, 2.45) is 5.73 Å². The van der Waals surface area contributed by atoms with Gasteiger partial charge in [0.05, 0.1) is 5.02 Å². The molecule has 0 spiro atoms. The molecule has 1 aliphatic heterocycles. The van der Waals surface area contributed by atoms with Crippen molar-refractivity contribution in [2.45, 2.75) is 18.6 Å². The first-order valence-corrected chi connectivity index (χ1v) is 6.52. The number of fused-ring (bicyclic) bond motifs is 1. The Bertz CT molecular complexity index is 615. The summed E-state index contributed by atoms with van der Waals surface area (Å²) in [6, 6.07) is 12.9. The summed E-state index contributed by atoms with van der Waals surface area (Å²) >= 11 is 5.93. The Balaban J connectivity index is 1.94. The molecule has 2 aromatic carbocycles. The third kappa shape index (κ3) is 2.27. The van der Waals surface area contributed by atoms with Crippen LogP contribution in [0, 0.1) is 0 Å². The van der Waals surface area contributed by atoms with E-state index < -0.39 is 0 Å². The molecule has 0 saturated carbocycles. The first-order chi connectivity index (χ1) is 9.15. The fraction of sp³-hybridized carbons (Fsp3) is 0.200. The summed E-state index contributed by atoms with van der Waals surface area (Å²) in [4.78, 5) is 0. The molecule has 1 heterocycles. The molecule has 3 rings (SSSR count). The zero-order valence-electron chi connectivity index (χ0n) is 10.2. The molecule has 4 heteroatoms. The summed E-state index contributed by atoms with van der Waals surface area (Å²) in [6.07, 6.45) is 0.556. The zero-order chi connectivity index (χ0) is 13.4. The van der Waals surface area contributed by atoms with Gasteiger partial charge in [-0.05, 0) is 23.8 Å². The Kier molecular flexibility index (Phi) is 3.09. The zero-order valence-corrected chi connectivity index (χ0v) is 11.0. The SMILES string of the molecule is N[C@H]1CC(c2ccc(O)c(Cl)c2)Oc2ccccc21. The van der Waals surface area contributed by atoms with Crippen molar-refractivity contribution < 1.29 is 9.84 Å². The molecule has 0 bridgehead atoms. The van der Waals surface area contributed by atoms with Gasteiger partial charge in [0.2, 0.25) is 0 Å². The molecule has 0 amide bonds. The van der Waals surface area contributed by atoms with Gasteiger partial charge in [-0.3, -0.25) is 0 Å². The topological polar surface area (TPSA) is 55.5 Å². The van der Waals surface area contributed by atoms with Crippen LogP contribution >= 0.6 is 11.6 Å². The lowest BCUT2D eigenvalue weighted by Gasteiger charge is -2.30. The Hall–Kier alpha value is -1.71. The molecule has 98 valence electrons. The van der Waals surface area contributed by atoms with Crippen molar-refractivity contribution in [1.82, 2.24) is 0 Å². The molecular weight excluding hydrogens is 262 g/mol. The highest BCUT2D eigenvalue weighted by molar-refractivity contribution is 6.32. The van der Waals surface area contributed by atoms with Gasteiger partial charge < -0.3 is 15.6 Å². The normalized spacial score (nSPS) is 21.6. The fourth-order valence-corrected chi connectivity index (χ4v) is 2.57. The number of nitrogens with two attached hydrogens (primary N) is 1. The third-order valence-electron chi connectivity index (χ3n) is 3.40. The van der Waals surface area contributed by atoms with Gasteiger partial charge in [0.15, 0.2) is 0 Å². The number of hydrogen-bond donors (Lipinski definition) is 2. The fourth-order valence-electron chi connectivity index (χ4n) is 2.38. The number of phenolic OH excluding ortho intramolecular Hbond substituents is 1. The lowest BCUT2D eigenvalue weighted by Crippen LogP contribution is -2.24. The number of para-hydroxylation sites is 1. The number of benzene rings is 2. The molecule has 0 fully saturated rings. The van der Waals surface area contributed by atoms with E-state index in [-0.39, 0.29) is 17.9 Å². The summed E-state index contributed by atoms with van der Waals surface area (Å²) in [5, 5.41) is 9.78. The number of hydrogen-bond acceptors (Lipinski definition) is 3. The van der Waals surface area contributed by atoms with Gasteiger partial charge in [-0.1, -0.05) is 35.9 Å². The molecular formula is C15H14ClNO2. The van der Waals surface area contributed by atoms with Crippen molar-refractivity contribution >= 4 is 11.6 Å². The smallest absolute Gasteiger partial charge is 0.134 e. The van der Waals surface area contributed by atoms with Crippen LogP contribution in [-0.4, -0.2) is 5.11 Å². The van der Waals surface area contributed by atoms with Crippen LogP contribution in [0.15, 0.2) is 42.5 Å². The second-order valence-corrected chi connectivity index (χ2v) is 5.10. The second-order valence-electron chi connectivity index (χ2n) is 4.70. The van der Waals surface area contributed by atoms with Gasteiger partial charge in [0.1, 0.15) is 17.6 Å². The van der Waals surface area contributed by atoms with Crippen LogP contribution in [0.3, 0.4) is 0 Å². The van der Waals surface area contributed by atoms with Crippen LogP contribution in [0.5, 0.6) is 11.5 Å². The lowest BCUT2D eigenvalue weighted by molar-refractivity contribution is 0.161. The Morgan fingerprint density at radius 2 is 2.00 bits per heavy atom. The van der Waals surface area contributed by atoms with E-state index in [1.165, 1.54) is 0 Å². The van der Waals surface area contributed by atoms with Crippen LogP contribution in [0.2, 0.25) is 5.02 Å². The van der Waals surface area contributed by atoms with Crippen LogP contribution in [0.1, 0.15) is 29.7 Å². The summed E-state index contributed by atoms with van der Waals surface area (Å²) in [7, 11) is 0. The largest absolute Gasteiger partial charge is 0.506 e. The minimum Gasteiger partial charge on any atom is -0.506 e. The highest BCUT2D eigenvalue weighted by Gasteiger charge is 2.27. The molecule has 3 N–H and O–H groups in total. The van der Waals surface area contributed by atoms with Crippen LogP contribution in [-0.2, 0) is 0 Å². The first kappa shape index (κ1) is 12.3. The summed E-state index contributed by atoms with van der Waals surface area (Å²) < 4.78 is 5.96. The van der Waals surface area contributed by atoms with Gasteiger partial charge in [-0.15, -0.1) is 0 Å². The molecule has 2 aromatic rings. The van der Waals surface area contributed by atoms with Crippen molar-refractivity contribution in [1.29, 1.82) is 0 Å². The van der Waals surface area contributed by atoms with Crippen molar-refractivity contribution in [3.63, 3.8) is 0 Å². The monoisotopic (exact) mass is 275 g/mol. The number of phenols is 1. The van der Waals surface area contributed by atoms with Crippen molar-refractivity contribution in [2.75, 3.05) is 0 Å². The van der Waals surface area contributed by atoms with Crippen LogP contribution in [0.4, 0.5) is 0 Å². The molecule has 0 aromatic heterocycles. The van der Waals surface area contributed by atoms with E-state index in [0.29, 0.717) is 11.4 Å². The molecule has 0 aliphatic carbocycles. The molecule has 19 heavy (non-hydrogen) atoms. The second kappa shape index (κ2) is 4.76. The first-order valence-electron chi connectivity index (χ1n) is 6.14. The van der Waals surface area contributed by atoms with Gasteiger partial charge >= 0.3 is 0 Å². The minimum atomic E-state index is -0.136. The van der Waals surface area contributed by atoms with Gasteiger partial charge in [-0.25, -0.2) is 0 Å². The van der Waals surface area contributed by atoms with Gasteiger partial charge in [-0.2, -0.15) is 0 Å². The van der Waals surface area contributed by atoms with Crippen LogP contribution in [0.25, 0.3) is 0 Å². The van der Waals surface area contributed by atoms with E-state index >= 15 is 0 Å². The molecule has 2 atom stereocenters. The predicted octanol–water partition coefficient (Wildman–Crippen LogP) is 3.57. The molecule has 1 unspecified atom stereocenters. The molecule has 1 aliphatic rings. The maximum atomic E-state index is 9.45. The lowest BCUT2D eigenvalue weighted by atomic mass is 9.93. The molecule has 0 saturated heterocycles. The van der Waals surface area contributed by atoms with E-state index in [9.17, 15) is 5.11 Å². The Morgan fingerprint density at radius 1 is 1.21 bits per heavy atom. The van der Waals surface area contributed by atoms with Gasteiger partial charge in [0.25, 0.3) is 0 Å². The highest BCUT2D eigenvalue weighted by Crippen LogP contribution is 2.40. The van der Waals surface area contributed by atoms with E-state index in [2.05, 4.69) is 0 Å². The summed E-state index contributed by atoms with van der Waals surface area (Å²) in [6.45, 7) is 0. The van der Waals surface area contributed by atoms with E-state index in [1.54, 1.807) is 12.1 Å². The Morgan fingerprint density at radius 3 is 2.79 bits per heavy atom. The number of halogens is 1. The number of ether oxygens (including phenoxy) is 1. The quantitative estimate of drug-likeness (QED) is 0.836. The predicted molar refractivity (Wildman–Crippen MR) is 74.5 cm³/mol. The Labute approximate surface area is 116 Å².